The minimum absolute atomic E-state index is 0.154. The summed E-state index contributed by atoms with van der Waals surface area (Å²) in [6.07, 6.45) is 2.51. The summed E-state index contributed by atoms with van der Waals surface area (Å²) in [5.41, 5.74) is 1.09. The monoisotopic (exact) mass is 330 g/mol. The van der Waals surface area contributed by atoms with Gasteiger partial charge in [0, 0.05) is 6.54 Å². The van der Waals surface area contributed by atoms with Gasteiger partial charge in [-0.2, -0.15) is 5.26 Å². The van der Waals surface area contributed by atoms with Gasteiger partial charge in [0.05, 0.1) is 10.9 Å². The van der Waals surface area contributed by atoms with Crippen LogP contribution in [0, 0.1) is 11.3 Å². The lowest BCUT2D eigenvalue weighted by molar-refractivity contribution is -0.117. The van der Waals surface area contributed by atoms with E-state index in [9.17, 15) is 14.9 Å². The van der Waals surface area contributed by atoms with E-state index in [0.29, 0.717) is 17.5 Å². The van der Waals surface area contributed by atoms with E-state index in [4.69, 9.17) is 4.42 Å². The fraction of sp³-hybridized carbons (Fsp3) is 0.0500. The van der Waals surface area contributed by atoms with Crippen LogP contribution in [0.1, 0.15) is 11.1 Å². The van der Waals surface area contributed by atoms with Crippen molar-refractivity contribution in [2.45, 2.75) is 6.54 Å². The minimum atomic E-state index is -0.543. The normalized spacial score (nSPS) is 11.1. The van der Waals surface area contributed by atoms with Crippen molar-refractivity contribution in [3.8, 4) is 6.07 Å². The molecule has 0 aliphatic rings. The molecule has 0 aliphatic heterocycles. The Hall–Kier alpha value is -3.65. The average molecular weight is 330 g/mol. The molecule has 3 rings (SSSR count). The van der Waals surface area contributed by atoms with Crippen LogP contribution in [0.5, 0.6) is 0 Å². The predicted octanol–water partition coefficient (Wildman–Crippen LogP) is 3.02. The van der Waals surface area contributed by atoms with Crippen molar-refractivity contribution in [1.29, 1.82) is 5.26 Å². The fourth-order valence-corrected chi connectivity index (χ4v) is 2.37. The maximum Gasteiger partial charge on any atom is 0.262 e. The molecule has 25 heavy (non-hydrogen) atoms. The van der Waals surface area contributed by atoms with E-state index < -0.39 is 5.91 Å². The third kappa shape index (κ3) is 3.65. The second-order valence-corrected chi connectivity index (χ2v) is 5.35. The summed E-state index contributed by atoms with van der Waals surface area (Å²) in [4.78, 5) is 24.6. The number of carbonyl (C=O) groups is 1. The molecule has 1 amide bonds. The first-order valence-corrected chi connectivity index (χ1v) is 7.63. The summed E-state index contributed by atoms with van der Waals surface area (Å²) in [5.74, 6) is -0.543. The Morgan fingerprint density at radius 1 is 1.12 bits per heavy atom. The first-order chi connectivity index (χ1) is 12.2. The summed E-state index contributed by atoms with van der Waals surface area (Å²) in [5, 5.41) is 12.3. The Bertz CT molecular complexity index is 1040. The van der Waals surface area contributed by atoms with Crippen LogP contribution in [-0.4, -0.2) is 5.91 Å². The molecule has 0 spiro atoms. The lowest BCUT2D eigenvalue weighted by Crippen LogP contribution is -2.24. The topological polar surface area (TPSA) is 83.1 Å². The summed E-state index contributed by atoms with van der Waals surface area (Å²) in [6.45, 7) is 0.297. The van der Waals surface area contributed by atoms with Gasteiger partial charge in [-0.05, 0) is 23.8 Å². The zero-order valence-corrected chi connectivity index (χ0v) is 13.2. The van der Waals surface area contributed by atoms with Gasteiger partial charge < -0.3 is 9.73 Å². The second-order valence-electron chi connectivity index (χ2n) is 5.35. The third-order valence-electron chi connectivity index (χ3n) is 3.67. The number of hydrogen-bond donors (Lipinski definition) is 1. The number of para-hydroxylation sites is 1. The number of nitrogens with one attached hydrogen (secondary N) is 1. The molecule has 3 aromatic rings. The van der Waals surface area contributed by atoms with Crippen LogP contribution in [0.15, 0.2) is 75.6 Å². The largest absolute Gasteiger partial charge is 0.463 e. The quantitative estimate of drug-likeness (QED) is 0.589. The number of hydrogen-bond acceptors (Lipinski definition) is 4. The van der Waals surface area contributed by atoms with Crippen LogP contribution in [0.25, 0.3) is 17.0 Å². The molecule has 122 valence electrons. The number of carbonyl (C=O) groups excluding carboxylic acids is 1. The lowest BCUT2D eigenvalue weighted by Gasteiger charge is -2.04. The molecule has 0 saturated heterocycles. The molecule has 1 N–H and O–H groups in total. The Balaban J connectivity index is 1.85. The number of amides is 1. The Morgan fingerprint density at radius 2 is 1.84 bits per heavy atom. The minimum Gasteiger partial charge on any atom is -0.463 e. The first-order valence-electron chi connectivity index (χ1n) is 7.63. The van der Waals surface area contributed by atoms with Crippen molar-refractivity contribution in [1.82, 2.24) is 5.32 Å². The SMILES string of the molecule is N#CC(=Cc1coc2ccccc2c1=O)C(=O)NCc1ccccc1. The van der Waals surface area contributed by atoms with Gasteiger partial charge in [-0.15, -0.1) is 0 Å². The van der Waals surface area contributed by atoms with Crippen LogP contribution < -0.4 is 10.7 Å². The van der Waals surface area contributed by atoms with Crippen molar-refractivity contribution in [3.63, 3.8) is 0 Å². The molecule has 0 unspecified atom stereocenters. The van der Waals surface area contributed by atoms with Crippen LogP contribution in [0.2, 0.25) is 0 Å². The highest BCUT2D eigenvalue weighted by atomic mass is 16.3. The molecule has 0 radical (unpaired) electrons. The molecule has 0 atom stereocenters. The van der Waals surface area contributed by atoms with Crippen molar-refractivity contribution < 1.29 is 9.21 Å². The molecular formula is C20H14N2O3. The lowest BCUT2D eigenvalue weighted by atomic mass is 10.1. The first kappa shape index (κ1) is 16.2. The highest BCUT2D eigenvalue weighted by molar-refractivity contribution is 6.01. The molecular weight excluding hydrogens is 316 g/mol. The number of rotatable bonds is 4. The third-order valence-corrected chi connectivity index (χ3v) is 3.67. The van der Waals surface area contributed by atoms with Crippen LogP contribution >= 0.6 is 0 Å². The summed E-state index contributed by atoms with van der Waals surface area (Å²) < 4.78 is 5.39. The number of fused-ring (bicyclic) bond motifs is 1. The van der Waals surface area contributed by atoms with Crippen LogP contribution in [0.4, 0.5) is 0 Å². The smallest absolute Gasteiger partial charge is 0.262 e. The van der Waals surface area contributed by atoms with Gasteiger partial charge in [-0.3, -0.25) is 9.59 Å². The number of nitriles is 1. The van der Waals surface area contributed by atoms with Gasteiger partial charge in [-0.1, -0.05) is 42.5 Å². The van der Waals surface area contributed by atoms with Gasteiger partial charge in [0.15, 0.2) is 5.43 Å². The molecule has 1 heterocycles. The summed E-state index contributed by atoms with van der Waals surface area (Å²) in [6, 6.07) is 18.0. The Kier molecular flexibility index (Phi) is 4.72. The van der Waals surface area contributed by atoms with E-state index in [-0.39, 0.29) is 16.6 Å². The van der Waals surface area contributed by atoms with Crippen molar-refractivity contribution in [2.75, 3.05) is 0 Å². The molecule has 5 nitrogen and oxygen atoms in total. The number of benzene rings is 2. The molecule has 1 aromatic heterocycles. The zero-order chi connectivity index (χ0) is 17.6. The second kappa shape index (κ2) is 7.28. The van der Waals surface area contributed by atoms with Crippen molar-refractivity contribution in [3.05, 3.63) is 87.8 Å². The zero-order valence-electron chi connectivity index (χ0n) is 13.2. The van der Waals surface area contributed by atoms with Crippen LogP contribution in [0.3, 0.4) is 0 Å². The number of nitrogens with zero attached hydrogens (tertiary/aromatic N) is 1. The average Bonchev–Trinajstić information content (AvgIpc) is 2.67. The van der Waals surface area contributed by atoms with E-state index in [2.05, 4.69) is 5.32 Å². The van der Waals surface area contributed by atoms with E-state index >= 15 is 0 Å². The molecule has 0 saturated carbocycles. The van der Waals surface area contributed by atoms with Crippen LogP contribution in [-0.2, 0) is 11.3 Å². The van der Waals surface area contributed by atoms with E-state index in [1.54, 1.807) is 24.3 Å². The van der Waals surface area contributed by atoms with E-state index in [0.717, 1.165) is 5.56 Å². The van der Waals surface area contributed by atoms with Crippen molar-refractivity contribution >= 4 is 23.0 Å². The van der Waals surface area contributed by atoms with Gasteiger partial charge in [0.2, 0.25) is 0 Å². The molecule has 5 heteroatoms. The molecule has 2 aromatic carbocycles. The maximum atomic E-state index is 12.4. The highest BCUT2D eigenvalue weighted by Crippen LogP contribution is 2.12. The molecule has 0 bridgehead atoms. The fourth-order valence-electron chi connectivity index (χ4n) is 2.37. The van der Waals surface area contributed by atoms with E-state index in [1.807, 2.05) is 36.4 Å². The van der Waals surface area contributed by atoms with Gasteiger partial charge in [0.1, 0.15) is 23.5 Å². The predicted molar refractivity (Wildman–Crippen MR) is 94.4 cm³/mol. The highest BCUT2D eigenvalue weighted by Gasteiger charge is 2.11. The van der Waals surface area contributed by atoms with E-state index in [1.165, 1.54) is 12.3 Å². The molecule has 0 fully saturated rings. The Labute approximate surface area is 143 Å². The standard InChI is InChI=1S/C20H14N2O3/c21-11-15(20(24)22-12-14-6-2-1-3-7-14)10-16-13-25-18-9-5-4-8-17(18)19(16)23/h1-10,13H,12H2,(H,22,24). The van der Waals surface area contributed by atoms with Gasteiger partial charge in [0.25, 0.3) is 5.91 Å². The van der Waals surface area contributed by atoms with Crippen molar-refractivity contribution in [2.24, 2.45) is 0 Å². The summed E-state index contributed by atoms with van der Waals surface area (Å²) >= 11 is 0. The maximum absolute atomic E-state index is 12.4. The van der Waals surface area contributed by atoms with Gasteiger partial charge in [-0.25, -0.2) is 0 Å². The molecule has 0 aliphatic carbocycles. The van der Waals surface area contributed by atoms with Gasteiger partial charge >= 0.3 is 0 Å². The summed E-state index contributed by atoms with van der Waals surface area (Å²) in [7, 11) is 0. The Morgan fingerprint density at radius 3 is 2.60 bits per heavy atom.